The minimum absolute atomic E-state index is 0.0129. The Morgan fingerprint density at radius 1 is 1.38 bits per heavy atom. The number of ether oxygens (including phenoxy) is 1. The SMILES string of the molecule is COC1(CN(C)C)CCN(Cc2nc(-c3cccs3)oc2C)CC1. The van der Waals surface area contributed by atoms with Crippen molar-refractivity contribution in [1.82, 2.24) is 14.8 Å². The van der Waals surface area contributed by atoms with Crippen LogP contribution in [0.2, 0.25) is 0 Å². The number of hydrogen-bond donors (Lipinski definition) is 0. The number of likely N-dealkylation sites (tertiary alicyclic amines) is 1. The first-order valence-electron chi connectivity index (χ1n) is 8.44. The van der Waals surface area contributed by atoms with Crippen molar-refractivity contribution >= 4 is 11.3 Å². The second-order valence-electron chi connectivity index (χ2n) is 6.90. The van der Waals surface area contributed by atoms with Crippen molar-refractivity contribution in [3.05, 3.63) is 29.0 Å². The van der Waals surface area contributed by atoms with E-state index in [1.54, 1.807) is 11.3 Å². The first-order chi connectivity index (χ1) is 11.5. The van der Waals surface area contributed by atoms with Gasteiger partial charge in [0.2, 0.25) is 5.89 Å². The third kappa shape index (κ3) is 3.88. The summed E-state index contributed by atoms with van der Waals surface area (Å²) in [5, 5.41) is 2.05. The summed E-state index contributed by atoms with van der Waals surface area (Å²) in [7, 11) is 6.06. The number of hydrogen-bond acceptors (Lipinski definition) is 6. The average Bonchev–Trinajstić information content (AvgIpc) is 3.19. The topological polar surface area (TPSA) is 41.7 Å². The highest BCUT2D eigenvalue weighted by molar-refractivity contribution is 7.13. The number of methoxy groups -OCH3 is 1. The van der Waals surface area contributed by atoms with Crippen LogP contribution in [0, 0.1) is 6.92 Å². The van der Waals surface area contributed by atoms with Gasteiger partial charge in [-0.05, 0) is 45.3 Å². The molecule has 0 amide bonds. The van der Waals surface area contributed by atoms with Gasteiger partial charge in [-0.2, -0.15) is 0 Å². The van der Waals surface area contributed by atoms with Gasteiger partial charge in [-0.1, -0.05) is 6.07 Å². The number of piperidine rings is 1. The maximum Gasteiger partial charge on any atom is 0.236 e. The van der Waals surface area contributed by atoms with Crippen LogP contribution in [0.15, 0.2) is 21.9 Å². The third-order valence-corrected chi connectivity index (χ3v) is 5.66. The molecule has 0 radical (unpaired) electrons. The lowest BCUT2D eigenvalue weighted by Gasteiger charge is -2.42. The van der Waals surface area contributed by atoms with Gasteiger partial charge >= 0.3 is 0 Å². The van der Waals surface area contributed by atoms with Gasteiger partial charge in [-0.15, -0.1) is 11.3 Å². The molecule has 0 bridgehead atoms. The highest BCUT2D eigenvalue weighted by Crippen LogP contribution is 2.29. The number of likely N-dealkylation sites (N-methyl/N-ethyl adjacent to an activating group) is 1. The quantitative estimate of drug-likeness (QED) is 0.801. The molecule has 3 heterocycles. The van der Waals surface area contributed by atoms with Crippen LogP contribution in [0.25, 0.3) is 10.8 Å². The Balaban J connectivity index is 1.62. The van der Waals surface area contributed by atoms with Crippen molar-refractivity contribution < 1.29 is 9.15 Å². The normalized spacial score (nSPS) is 18.4. The molecule has 0 aromatic carbocycles. The molecule has 0 atom stereocenters. The van der Waals surface area contributed by atoms with Crippen LogP contribution in [0.3, 0.4) is 0 Å². The minimum Gasteiger partial charge on any atom is -0.440 e. The lowest BCUT2D eigenvalue weighted by atomic mass is 9.90. The Morgan fingerprint density at radius 2 is 2.12 bits per heavy atom. The van der Waals surface area contributed by atoms with E-state index in [-0.39, 0.29) is 5.60 Å². The fraction of sp³-hybridized carbons (Fsp3) is 0.611. The van der Waals surface area contributed by atoms with Gasteiger partial charge in [0, 0.05) is 33.3 Å². The minimum atomic E-state index is -0.0129. The van der Waals surface area contributed by atoms with E-state index in [0.29, 0.717) is 0 Å². The molecule has 6 heteroatoms. The predicted molar refractivity (Wildman–Crippen MR) is 97.4 cm³/mol. The molecule has 3 rings (SSSR count). The van der Waals surface area contributed by atoms with Crippen LogP contribution < -0.4 is 0 Å². The molecule has 1 aliphatic rings. The average molecular weight is 350 g/mol. The molecule has 0 unspecified atom stereocenters. The Labute approximate surface area is 148 Å². The molecular weight excluding hydrogens is 322 g/mol. The third-order valence-electron chi connectivity index (χ3n) is 4.80. The van der Waals surface area contributed by atoms with E-state index in [1.165, 1.54) is 0 Å². The Bertz CT molecular complexity index is 643. The van der Waals surface area contributed by atoms with Crippen molar-refractivity contribution in [3.63, 3.8) is 0 Å². The standard InChI is InChI=1S/C18H27N3O2S/c1-14-15(19-17(23-14)16-6-5-11-24-16)12-21-9-7-18(22-4,8-10-21)13-20(2)3/h5-6,11H,7-10,12-13H2,1-4H3. The molecule has 0 saturated carbocycles. The van der Waals surface area contributed by atoms with Crippen molar-refractivity contribution in [2.45, 2.75) is 31.9 Å². The van der Waals surface area contributed by atoms with Crippen molar-refractivity contribution in [1.29, 1.82) is 0 Å². The fourth-order valence-electron chi connectivity index (χ4n) is 3.41. The molecule has 0 N–H and O–H groups in total. The summed E-state index contributed by atoms with van der Waals surface area (Å²) in [5.74, 6) is 1.67. The van der Waals surface area contributed by atoms with Gasteiger partial charge in [0.25, 0.3) is 0 Å². The van der Waals surface area contributed by atoms with Crippen LogP contribution in [0.5, 0.6) is 0 Å². The summed E-state index contributed by atoms with van der Waals surface area (Å²) < 4.78 is 11.7. The molecule has 132 valence electrons. The largest absolute Gasteiger partial charge is 0.440 e. The highest BCUT2D eigenvalue weighted by atomic mass is 32.1. The Kier molecular flexibility index (Phi) is 5.39. The van der Waals surface area contributed by atoms with Crippen LogP contribution >= 0.6 is 11.3 Å². The van der Waals surface area contributed by atoms with Gasteiger partial charge in [-0.25, -0.2) is 4.98 Å². The summed E-state index contributed by atoms with van der Waals surface area (Å²) >= 11 is 1.66. The molecule has 2 aromatic heterocycles. The van der Waals surface area contributed by atoms with E-state index in [2.05, 4.69) is 30.0 Å². The number of aryl methyl sites for hydroxylation is 1. The molecule has 0 aliphatic carbocycles. The molecule has 2 aromatic rings. The first kappa shape index (κ1) is 17.6. The first-order valence-corrected chi connectivity index (χ1v) is 9.32. The van der Waals surface area contributed by atoms with Crippen LogP contribution in [-0.2, 0) is 11.3 Å². The fourth-order valence-corrected chi connectivity index (χ4v) is 4.06. The Morgan fingerprint density at radius 3 is 2.71 bits per heavy atom. The zero-order valence-corrected chi connectivity index (χ0v) is 15.9. The molecular formula is C18H27N3O2S. The monoisotopic (exact) mass is 349 g/mol. The van der Waals surface area contributed by atoms with E-state index >= 15 is 0 Å². The summed E-state index contributed by atoms with van der Waals surface area (Å²) in [6.07, 6.45) is 2.10. The van der Waals surface area contributed by atoms with Gasteiger partial charge < -0.3 is 14.1 Å². The lowest BCUT2D eigenvalue weighted by molar-refractivity contribution is -0.0714. The van der Waals surface area contributed by atoms with Gasteiger partial charge in [0.05, 0.1) is 16.2 Å². The lowest BCUT2D eigenvalue weighted by Crippen LogP contribution is -2.50. The van der Waals surface area contributed by atoms with Crippen LogP contribution in [0.1, 0.15) is 24.3 Å². The van der Waals surface area contributed by atoms with Crippen molar-refractivity contribution in [2.75, 3.05) is 40.8 Å². The number of rotatable bonds is 6. The number of nitrogens with zero attached hydrogens (tertiary/aromatic N) is 3. The Hall–Kier alpha value is -1.21. The maximum absolute atomic E-state index is 5.86. The van der Waals surface area contributed by atoms with Gasteiger partial charge in [0.15, 0.2) is 0 Å². The summed E-state index contributed by atoms with van der Waals surface area (Å²) in [6.45, 7) is 5.89. The van der Waals surface area contributed by atoms with Crippen LogP contribution in [-0.4, -0.2) is 61.2 Å². The van der Waals surface area contributed by atoms with E-state index in [1.807, 2.05) is 25.5 Å². The van der Waals surface area contributed by atoms with Crippen molar-refractivity contribution in [2.24, 2.45) is 0 Å². The molecule has 5 nitrogen and oxygen atoms in total. The van der Waals surface area contributed by atoms with Crippen molar-refractivity contribution in [3.8, 4) is 10.8 Å². The number of oxazole rings is 1. The summed E-state index contributed by atoms with van der Waals surface area (Å²) in [6, 6.07) is 4.08. The second kappa shape index (κ2) is 7.35. The zero-order chi connectivity index (χ0) is 17.2. The molecule has 1 fully saturated rings. The van der Waals surface area contributed by atoms with E-state index < -0.39 is 0 Å². The van der Waals surface area contributed by atoms with E-state index in [9.17, 15) is 0 Å². The van der Waals surface area contributed by atoms with E-state index in [4.69, 9.17) is 14.1 Å². The maximum atomic E-state index is 5.86. The number of thiophene rings is 1. The zero-order valence-electron chi connectivity index (χ0n) is 15.0. The summed E-state index contributed by atoms with van der Waals surface area (Å²) in [5.41, 5.74) is 1.04. The van der Waals surface area contributed by atoms with E-state index in [0.717, 1.165) is 61.2 Å². The highest BCUT2D eigenvalue weighted by Gasteiger charge is 2.35. The summed E-state index contributed by atoms with van der Waals surface area (Å²) in [4.78, 5) is 10.5. The molecule has 0 spiro atoms. The smallest absolute Gasteiger partial charge is 0.236 e. The number of aromatic nitrogens is 1. The molecule has 1 aliphatic heterocycles. The van der Waals surface area contributed by atoms with Gasteiger partial charge in [-0.3, -0.25) is 4.90 Å². The molecule has 1 saturated heterocycles. The molecule has 24 heavy (non-hydrogen) atoms. The van der Waals surface area contributed by atoms with Crippen LogP contribution in [0.4, 0.5) is 0 Å². The van der Waals surface area contributed by atoms with Gasteiger partial charge in [0.1, 0.15) is 5.76 Å². The predicted octanol–water partition coefficient (Wildman–Crippen LogP) is 3.25. The second-order valence-corrected chi connectivity index (χ2v) is 7.85.